The molecule has 0 saturated carbocycles. The highest BCUT2D eigenvalue weighted by Gasteiger charge is 2.68. The summed E-state index contributed by atoms with van der Waals surface area (Å²) in [6.07, 6.45) is -4.86. The Balaban J connectivity index is 0.000000566. The molecule has 2 aliphatic heterocycles. The summed E-state index contributed by atoms with van der Waals surface area (Å²) in [4.78, 5) is 50.6. The Hall–Kier alpha value is -3.93. The fourth-order valence-corrected chi connectivity index (χ4v) is 6.04. The molecular formula is C31H27Cl2F3N2O6. The first kappa shape index (κ1) is 33.0. The largest absolute Gasteiger partial charge is 0.490 e. The number of alkyl halides is 3. The van der Waals surface area contributed by atoms with E-state index in [1.807, 2.05) is 60.7 Å². The van der Waals surface area contributed by atoms with Crippen molar-refractivity contribution in [3.8, 4) is 11.1 Å². The van der Waals surface area contributed by atoms with Crippen LogP contribution in [0.3, 0.4) is 0 Å². The van der Waals surface area contributed by atoms with Gasteiger partial charge < -0.3 is 9.84 Å². The maximum Gasteiger partial charge on any atom is 0.490 e. The monoisotopic (exact) mass is 650 g/mol. The summed E-state index contributed by atoms with van der Waals surface area (Å²) >= 11 is 12.3. The van der Waals surface area contributed by atoms with Crippen molar-refractivity contribution in [3.05, 3.63) is 94.0 Å². The first-order valence-corrected chi connectivity index (χ1v) is 14.1. The van der Waals surface area contributed by atoms with Gasteiger partial charge in [0.15, 0.2) is 0 Å². The van der Waals surface area contributed by atoms with E-state index < -0.39 is 41.5 Å². The highest BCUT2D eigenvalue weighted by atomic mass is 35.5. The highest BCUT2D eigenvalue weighted by molar-refractivity contribution is 6.42. The molecular weight excluding hydrogens is 624 g/mol. The number of imide groups is 1. The van der Waals surface area contributed by atoms with Crippen LogP contribution in [0.2, 0.25) is 10.0 Å². The van der Waals surface area contributed by atoms with E-state index in [1.165, 1.54) is 12.0 Å². The van der Waals surface area contributed by atoms with Crippen molar-refractivity contribution in [2.75, 3.05) is 13.7 Å². The average Bonchev–Trinajstić information content (AvgIpc) is 3.47. The van der Waals surface area contributed by atoms with E-state index >= 15 is 0 Å². The number of esters is 1. The minimum atomic E-state index is -5.08. The van der Waals surface area contributed by atoms with Crippen molar-refractivity contribution in [3.63, 3.8) is 0 Å². The summed E-state index contributed by atoms with van der Waals surface area (Å²) in [6, 6.07) is 22.0. The van der Waals surface area contributed by atoms with Crippen molar-refractivity contribution >= 4 is 47.0 Å². The number of nitrogens with zero attached hydrogens (tertiary/aromatic N) is 1. The Bertz CT molecular complexity index is 1570. The van der Waals surface area contributed by atoms with Crippen molar-refractivity contribution in [1.29, 1.82) is 0 Å². The zero-order valence-electron chi connectivity index (χ0n) is 23.4. The molecule has 44 heavy (non-hydrogen) atoms. The lowest BCUT2D eigenvalue weighted by Crippen LogP contribution is -2.57. The number of halogens is 5. The number of carbonyl (C=O) groups excluding carboxylic acids is 3. The highest BCUT2D eigenvalue weighted by Crippen LogP contribution is 2.50. The minimum Gasteiger partial charge on any atom is -0.475 e. The van der Waals surface area contributed by atoms with E-state index in [1.54, 1.807) is 19.1 Å². The molecule has 2 N–H and O–H groups in total. The molecule has 4 atom stereocenters. The van der Waals surface area contributed by atoms with Gasteiger partial charge in [-0.25, -0.2) is 4.79 Å². The normalized spacial score (nSPS) is 22.7. The number of methoxy groups -OCH3 is 1. The van der Waals surface area contributed by atoms with Gasteiger partial charge in [0, 0.05) is 19.0 Å². The van der Waals surface area contributed by atoms with Gasteiger partial charge in [0.2, 0.25) is 11.8 Å². The summed E-state index contributed by atoms with van der Waals surface area (Å²) in [6.45, 7) is 2.01. The Morgan fingerprint density at radius 3 is 2.07 bits per heavy atom. The predicted molar refractivity (Wildman–Crippen MR) is 156 cm³/mol. The van der Waals surface area contributed by atoms with Crippen molar-refractivity contribution in [2.24, 2.45) is 11.8 Å². The smallest absolute Gasteiger partial charge is 0.475 e. The molecule has 13 heteroatoms. The summed E-state index contributed by atoms with van der Waals surface area (Å²) in [5.74, 6) is -5.55. The van der Waals surface area contributed by atoms with Gasteiger partial charge in [-0.15, -0.1) is 0 Å². The van der Waals surface area contributed by atoms with Crippen LogP contribution in [0.15, 0.2) is 72.8 Å². The maximum absolute atomic E-state index is 13.6. The van der Waals surface area contributed by atoms with E-state index in [0.717, 1.165) is 22.3 Å². The Labute approximate surface area is 260 Å². The topological polar surface area (TPSA) is 113 Å². The summed E-state index contributed by atoms with van der Waals surface area (Å²) < 4.78 is 37.0. The molecule has 2 saturated heterocycles. The van der Waals surface area contributed by atoms with Gasteiger partial charge in [0.25, 0.3) is 0 Å². The molecule has 2 amide bonds. The molecule has 232 valence electrons. The number of fused-ring (bicyclic) bond motifs is 1. The third-order valence-corrected chi connectivity index (χ3v) is 8.44. The lowest BCUT2D eigenvalue weighted by molar-refractivity contribution is -0.192. The third kappa shape index (κ3) is 6.31. The number of hydrogen-bond donors (Lipinski definition) is 2. The van der Waals surface area contributed by atoms with E-state index in [-0.39, 0.29) is 24.8 Å². The second-order valence-electron chi connectivity index (χ2n) is 10.2. The molecule has 5 rings (SSSR count). The second kappa shape index (κ2) is 13.0. The number of amides is 2. The van der Waals surface area contributed by atoms with Crippen LogP contribution < -0.4 is 5.32 Å². The number of carboxylic acids is 1. The van der Waals surface area contributed by atoms with Crippen LogP contribution in [0, 0.1) is 11.8 Å². The zero-order chi connectivity index (χ0) is 32.4. The number of benzene rings is 3. The predicted octanol–water partition coefficient (Wildman–Crippen LogP) is 5.71. The average molecular weight is 651 g/mol. The van der Waals surface area contributed by atoms with Crippen LogP contribution in [-0.4, -0.2) is 59.1 Å². The molecule has 0 aromatic heterocycles. The third-order valence-electron chi connectivity index (χ3n) is 7.70. The number of carbonyl (C=O) groups is 4. The molecule has 3 aromatic carbocycles. The molecule has 0 spiro atoms. The molecule has 0 aliphatic carbocycles. The number of ether oxygens (including phenoxy) is 1. The number of rotatable bonds is 6. The number of carboxylic acid groups (broad SMARTS) is 1. The van der Waals surface area contributed by atoms with E-state index in [2.05, 4.69) is 5.32 Å². The number of likely N-dealkylation sites (tertiary alicyclic amines) is 1. The second-order valence-corrected chi connectivity index (χ2v) is 11.0. The van der Waals surface area contributed by atoms with Gasteiger partial charge >= 0.3 is 18.1 Å². The van der Waals surface area contributed by atoms with Crippen LogP contribution in [-0.2, 0) is 30.3 Å². The van der Waals surface area contributed by atoms with E-state index in [4.69, 9.17) is 37.8 Å². The van der Waals surface area contributed by atoms with E-state index in [0.29, 0.717) is 10.0 Å². The molecule has 2 heterocycles. The van der Waals surface area contributed by atoms with Crippen LogP contribution >= 0.6 is 23.2 Å². The first-order valence-electron chi connectivity index (χ1n) is 13.4. The van der Waals surface area contributed by atoms with Crippen LogP contribution in [0.4, 0.5) is 13.2 Å². The maximum atomic E-state index is 13.6. The van der Waals surface area contributed by atoms with Crippen molar-refractivity contribution in [2.45, 2.75) is 31.1 Å². The lowest BCUT2D eigenvalue weighted by Gasteiger charge is -2.32. The number of aliphatic carboxylic acids is 1. The van der Waals surface area contributed by atoms with E-state index in [9.17, 15) is 27.6 Å². The Kier molecular flexibility index (Phi) is 9.72. The molecule has 3 aromatic rings. The lowest BCUT2D eigenvalue weighted by atomic mass is 9.76. The molecule has 2 fully saturated rings. The molecule has 0 radical (unpaired) electrons. The molecule has 0 bridgehead atoms. The van der Waals surface area contributed by atoms with Gasteiger partial charge in [-0.3, -0.25) is 24.6 Å². The zero-order valence-corrected chi connectivity index (χ0v) is 24.9. The van der Waals surface area contributed by atoms with Gasteiger partial charge in [-0.2, -0.15) is 13.2 Å². The number of hydrogen-bond acceptors (Lipinski definition) is 6. The molecule has 2 aliphatic rings. The molecule has 8 nitrogen and oxygen atoms in total. The van der Waals surface area contributed by atoms with Gasteiger partial charge in [0.1, 0.15) is 5.54 Å². The van der Waals surface area contributed by atoms with Crippen LogP contribution in [0.1, 0.15) is 24.1 Å². The quantitative estimate of drug-likeness (QED) is 0.259. The SMILES string of the molecule is CCN1C(=O)[C@H]2[C@@H](c3ccc(-c4ccc(Cl)c(Cl)c4)cc3)N[C@@](Cc3ccccc3)(C(=O)OC)[C@H]2C1=O.O=C(O)C(F)(F)F. The van der Waals surface area contributed by atoms with Crippen molar-refractivity contribution in [1.82, 2.24) is 10.2 Å². The van der Waals surface area contributed by atoms with Crippen molar-refractivity contribution < 1.29 is 42.2 Å². The fourth-order valence-electron chi connectivity index (χ4n) is 5.74. The fraction of sp³-hybridized carbons (Fsp3) is 0.290. The Morgan fingerprint density at radius 2 is 1.55 bits per heavy atom. The number of nitrogens with one attached hydrogen (secondary N) is 1. The molecule has 0 unspecified atom stereocenters. The van der Waals surface area contributed by atoms with Gasteiger partial charge in [-0.1, -0.05) is 83.9 Å². The van der Waals surface area contributed by atoms with Crippen LogP contribution in [0.5, 0.6) is 0 Å². The summed E-state index contributed by atoms with van der Waals surface area (Å²) in [5.41, 5.74) is 2.10. The summed E-state index contributed by atoms with van der Waals surface area (Å²) in [5, 5.41) is 11.5. The van der Waals surface area contributed by atoms with Gasteiger partial charge in [-0.05, 0) is 41.3 Å². The Morgan fingerprint density at radius 1 is 0.955 bits per heavy atom. The summed E-state index contributed by atoms with van der Waals surface area (Å²) in [7, 11) is 1.31. The standard InChI is InChI=1S/C29H26Cl2N2O4.C2HF3O2/c1-3-33-26(34)23-24(27(33)35)29(28(36)37-2,16-17-7-5-4-6-8-17)32-25(23)19-11-9-18(10-12-19)20-13-14-21(30)22(31)15-20;3-2(4,5)1(6)7/h4-15,23-25,32H,3,16H2,1-2H3;(H,6,7)/t23-,24-,25-,29-;/m1./s1. The van der Waals surface area contributed by atoms with Crippen LogP contribution in [0.25, 0.3) is 11.1 Å². The van der Waals surface area contributed by atoms with Gasteiger partial charge in [0.05, 0.1) is 29.0 Å². The minimum absolute atomic E-state index is 0.218. The first-order chi connectivity index (χ1) is 20.7.